The van der Waals surface area contributed by atoms with Gasteiger partial charge in [-0.1, -0.05) is 26.7 Å². The van der Waals surface area contributed by atoms with Crippen molar-refractivity contribution >= 4 is 11.8 Å². The standard InChI is InChI=1S/C15H25NOS/c1-12-5-3-7-15(9-12)18-13(2)10-16-11-14-6-4-8-17-14/h4,6,8,12-13,15-16H,3,5,7,9-11H2,1-2H3. The topological polar surface area (TPSA) is 25.2 Å². The average molecular weight is 267 g/mol. The van der Waals surface area contributed by atoms with Crippen molar-refractivity contribution in [1.82, 2.24) is 5.32 Å². The van der Waals surface area contributed by atoms with Gasteiger partial charge in [0, 0.05) is 17.0 Å². The van der Waals surface area contributed by atoms with Crippen molar-refractivity contribution in [3.8, 4) is 0 Å². The van der Waals surface area contributed by atoms with Gasteiger partial charge in [-0.3, -0.25) is 0 Å². The Hall–Kier alpha value is -0.410. The van der Waals surface area contributed by atoms with Gasteiger partial charge in [-0.05, 0) is 30.9 Å². The maximum absolute atomic E-state index is 5.31. The third-order valence-electron chi connectivity index (χ3n) is 3.62. The van der Waals surface area contributed by atoms with Crippen LogP contribution in [0, 0.1) is 5.92 Å². The predicted molar refractivity (Wildman–Crippen MR) is 78.9 cm³/mol. The van der Waals surface area contributed by atoms with Crippen LogP contribution < -0.4 is 5.32 Å². The first-order valence-electron chi connectivity index (χ1n) is 7.12. The first kappa shape index (κ1) is 14.0. The molecule has 102 valence electrons. The molecule has 0 radical (unpaired) electrons. The molecule has 2 rings (SSSR count). The first-order chi connectivity index (χ1) is 8.74. The Kier molecular flexibility index (Phi) is 5.64. The maximum atomic E-state index is 5.31. The molecule has 1 saturated carbocycles. The second kappa shape index (κ2) is 7.25. The van der Waals surface area contributed by atoms with Gasteiger partial charge in [0.15, 0.2) is 0 Å². The minimum atomic E-state index is 0.690. The van der Waals surface area contributed by atoms with Crippen LogP contribution in [0.1, 0.15) is 45.3 Å². The predicted octanol–water partition coefficient (Wildman–Crippen LogP) is 4.07. The molecule has 1 fully saturated rings. The smallest absolute Gasteiger partial charge is 0.117 e. The largest absolute Gasteiger partial charge is 0.468 e. The summed E-state index contributed by atoms with van der Waals surface area (Å²) in [6, 6.07) is 3.96. The Balaban J connectivity index is 1.61. The van der Waals surface area contributed by atoms with E-state index >= 15 is 0 Å². The molecular formula is C15H25NOS. The van der Waals surface area contributed by atoms with Crippen LogP contribution in [0.25, 0.3) is 0 Å². The molecule has 3 heteroatoms. The number of hydrogen-bond acceptors (Lipinski definition) is 3. The van der Waals surface area contributed by atoms with Gasteiger partial charge in [-0.25, -0.2) is 0 Å². The molecular weight excluding hydrogens is 242 g/mol. The molecule has 0 saturated heterocycles. The van der Waals surface area contributed by atoms with Gasteiger partial charge in [0.2, 0.25) is 0 Å². The fourth-order valence-corrected chi connectivity index (χ4v) is 4.30. The fourth-order valence-electron chi connectivity index (χ4n) is 2.69. The minimum Gasteiger partial charge on any atom is -0.468 e. The minimum absolute atomic E-state index is 0.690. The highest BCUT2D eigenvalue weighted by molar-refractivity contribution is 8.00. The first-order valence-corrected chi connectivity index (χ1v) is 8.07. The van der Waals surface area contributed by atoms with Crippen LogP contribution in [0.15, 0.2) is 22.8 Å². The van der Waals surface area contributed by atoms with Crippen LogP contribution in [0.5, 0.6) is 0 Å². The van der Waals surface area contributed by atoms with Crippen LogP contribution in [0.2, 0.25) is 0 Å². The fraction of sp³-hybridized carbons (Fsp3) is 0.733. The molecule has 1 aliphatic rings. The molecule has 3 unspecified atom stereocenters. The van der Waals surface area contributed by atoms with Gasteiger partial charge >= 0.3 is 0 Å². The van der Waals surface area contributed by atoms with Crippen LogP contribution in [0.4, 0.5) is 0 Å². The Morgan fingerprint density at radius 1 is 1.50 bits per heavy atom. The second-order valence-electron chi connectivity index (χ2n) is 5.55. The SMILES string of the molecule is CC1CCCC(SC(C)CNCc2ccco2)C1. The number of nitrogens with one attached hydrogen (secondary N) is 1. The second-order valence-corrected chi connectivity index (χ2v) is 7.29. The highest BCUT2D eigenvalue weighted by Gasteiger charge is 2.20. The van der Waals surface area contributed by atoms with Gasteiger partial charge in [0.25, 0.3) is 0 Å². The summed E-state index contributed by atoms with van der Waals surface area (Å²) in [7, 11) is 0. The van der Waals surface area contributed by atoms with Crippen LogP contribution >= 0.6 is 11.8 Å². The highest BCUT2D eigenvalue weighted by atomic mass is 32.2. The average Bonchev–Trinajstić information content (AvgIpc) is 2.82. The zero-order valence-electron chi connectivity index (χ0n) is 11.5. The molecule has 1 N–H and O–H groups in total. The molecule has 3 atom stereocenters. The Morgan fingerprint density at radius 2 is 2.39 bits per heavy atom. The van der Waals surface area contributed by atoms with Crippen LogP contribution in [-0.2, 0) is 6.54 Å². The quantitative estimate of drug-likeness (QED) is 0.841. The van der Waals surface area contributed by atoms with Crippen molar-refractivity contribution in [3.63, 3.8) is 0 Å². The van der Waals surface area contributed by atoms with E-state index in [-0.39, 0.29) is 0 Å². The summed E-state index contributed by atoms with van der Waals surface area (Å²) in [6.45, 7) is 6.64. The summed E-state index contributed by atoms with van der Waals surface area (Å²) in [5, 5.41) is 5.05. The summed E-state index contributed by atoms with van der Waals surface area (Å²) < 4.78 is 5.31. The summed E-state index contributed by atoms with van der Waals surface area (Å²) in [5.74, 6) is 1.96. The molecule has 1 aromatic heterocycles. The highest BCUT2D eigenvalue weighted by Crippen LogP contribution is 2.33. The van der Waals surface area contributed by atoms with Crippen LogP contribution in [-0.4, -0.2) is 17.0 Å². The summed E-state index contributed by atoms with van der Waals surface area (Å²) in [6.07, 6.45) is 7.41. The third-order valence-corrected chi connectivity index (χ3v) is 5.07. The van der Waals surface area contributed by atoms with E-state index in [1.54, 1.807) is 6.26 Å². The van der Waals surface area contributed by atoms with Gasteiger partial charge in [-0.15, -0.1) is 0 Å². The Morgan fingerprint density at radius 3 is 3.11 bits per heavy atom. The normalized spacial score (nSPS) is 26.1. The Labute approximate surface area is 115 Å². The molecule has 2 nitrogen and oxygen atoms in total. The maximum Gasteiger partial charge on any atom is 0.117 e. The van der Waals surface area contributed by atoms with Crippen molar-refractivity contribution in [2.75, 3.05) is 6.54 Å². The van der Waals surface area contributed by atoms with Gasteiger partial charge in [-0.2, -0.15) is 11.8 Å². The lowest BCUT2D eigenvalue weighted by atomic mass is 9.91. The number of hydrogen-bond donors (Lipinski definition) is 1. The molecule has 0 spiro atoms. The van der Waals surface area contributed by atoms with Crippen LogP contribution in [0.3, 0.4) is 0 Å². The molecule has 0 aliphatic heterocycles. The molecule has 1 aromatic rings. The lowest BCUT2D eigenvalue weighted by Gasteiger charge is -2.28. The van der Waals surface area contributed by atoms with E-state index in [0.717, 1.165) is 30.0 Å². The Bertz CT molecular complexity index is 325. The van der Waals surface area contributed by atoms with Crippen molar-refractivity contribution < 1.29 is 4.42 Å². The lowest BCUT2D eigenvalue weighted by molar-refractivity contribution is 0.393. The lowest BCUT2D eigenvalue weighted by Crippen LogP contribution is -2.25. The zero-order chi connectivity index (χ0) is 12.8. The number of rotatable bonds is 6. The summed E-state index contributed by atoms with van der Waals surface area (Å²) in [5.41, 5.74) is 0. The van der Waals surface area contributed by atoms with E-state index < -0.39 is 0 Å². The summed E-state index contributed by atoms with van der Waals surface area (Å²) in [4.78, 5) is 0. The van der Waals surface area contributed by atoms with Gasteiger partial charge in [0.1, 0.15) is 5.76 Å². The van der Waals surface area contributed by atoms with Gasteiger partial charge < -0.3 is 9.73 Å². The van der Waals surface area contributed by atoms with E-state index in [4.69, 9.17) is 4.42 Å². The third kappa shape index (κ3) is 4.69. The molecule has 0 amide bonds. The van der Waals surface area contributed by atoms with E-state index in [1.807, 2.05) is 12.1 Å². The zero-order valence-corrected chi connectivity index (χ0v) is 12.3. The molecule has 18 heavy (non-hydrogen) atoms. The summed E-state index contributed by atoms with van der Waals surface area (Å²) >= 11 is 2.17. The van der Waals surface area contributed by atoms with Crippen molar-refractivity contribution in [2.24, 2.45) is 5.92 Å². The molecule has 0 aromatic carbocycles. The number of furan rings is 1. The van der Waals surface area contributed by atoms with E-state index in [0.29, 0.717) is 5.25 Å². The molecule has 1 aliphatic carbocycles. The van der Waals surface area contributed by atoms with E-state index in [9.17, 15) is 0 Å². The molecule has 0 bridgehead atoms. The van der Waals surface area contributed by atoms with Crippen molar-refractivity contribution in [3.05, 3.63) is 24.2 Å². The van der Waals surface area contributed by atoms with Crippen molar-refractivity contribution in [1.29, 1.82) is 0 Å². The monoisotopic (exact) mass is 267 g/mol. The van der Waals surface area contributed by atoms with Gasteiger partial charge in [0.05, 0.1) is 12.8 Å². The van der Waals surface area contributed by atoms with Crippen molar-refractivity contribution in [2.45, 2.75) is 56.6 Å². The van der Waals surface area contributed by atoms with E-state index in [2.05, 4.69) is 30.9 Å². The van der Waals surface area contributed by atoms with E-state index in [1.165, 1.54) is 25.7 Å². The molecule has 1 heterocycles. The number of thioether (sulfide) groups is 1.